The number of nitrogens with zero attached hydrogens (tertiary/aromatic N) is 1. The van der Waals surface area contributed by atoms with Crippen molar-refractivity contribution in [1.82, 2.24) is 0 Å². The van der Waals surface area contributed by atoms with Crippen molar-refractivity contribution in [3.05, 3.63) is 34.9 Å². The maximum atomic E-state index is 9.41. The molecule has 1 saturated carbocycles. The van der Waals surface area contributed by atoms with Crippen LogP contribution in [0.3, 0.4) is 0 Å². The van der Waals surface area contributed by atoms with Crippen molar-refractivity contribution in [3.63, 3.8) is 0 Å². The van der Waals surface area contributed by atoms with Gasteiger partial charge in [-0.25, -0.2) is 0 Å². The molecule has 2 nitrogen and oxygen atoms in total. The third-order valence-electron chi connectivity index (χ3n) is 4.53. The summed E-state index contributed by atoms with van der Waals surface area (Å²) in [7, 11) is 0. The molecule has 19 heavy (non-hydrogen) atoms. The number of aryl methyl sites for hydroxylation is 1. The predicted molar refractivity (Wildman–Crippen MR) is 78.7 cm³/mol. The molecule has 1 aromatic carbocycles. The molecule has 0 aliphatic heterocycles. The second-order valence-corrected chi connectivity index (χ2v) is 6.92. The monoisotopic (exact) mass is 256 g/mol. The van der Waals surface area contributed by atoms with Crippen LogP contribution in [0.15, 0.2) is 18.2 Å². The maximum absolute atomic E-state index is 9.41. The van der Waals surface area contributed by atoms with E-state index in [4.69, 9.17) is 5.73 Å². The summed E-state index contributed by atoms with van der Waals surface area (Å²) in [5.41, 5.74) is 9.87. The molecule has 1 aliphatic rings. The Labute approximate surface area is 116 Å². The van der Waals surface area contributed by atoms with Gasteiger partial charge in [0.2, 0.25) is 0 Å². The standard InChI is InChI=1S/C17H24N2/c1-12-10-13(16(2,3)4)6-7-14(12)15(19)17(11-18)8-5-9-17/h6-7,10,15H,5,8-9,19H2,1-4H3. The van der Waals surface area contributed by atoms with Crippen molar-refractivity contribution in [3.8, 4) is 6.07 Å². The number of nitrogens with two attached hydrogens (primary N) is 1. The molecule has 1 atom stereocenters. The number of nitriles is 1. The summed E-state index contributed by atoms with van der Waals surface area (Å²) < 4.78 is 0. The molecule has 0 aromatic heterocycles. The fourth-order valence-electron chi connectivity index (χ4n) is 2.84. The summed E-state index contributed by atoms with van der Waals surface area (Å²) in [6.45, 7) is 8.74. The maximum Gasteiger partial charge on any atom is 0.0766 e. The Morgan fingerprint density at radius 2 is 1.95 bits per heavy atom. The molecule has 102 valence electrons. The van der Waals surface area contributed by atoms with E-state index in [-0.39, 0.29) is 16.9 Å². The van der Waals surface area contributed by atoms with Gasteiger partial charge in [-0.05, 0) is 41.9 Å². The molecule has 0 saturated heterocycles. The van der Waals surface area contributed by atoms with Crippen LogP contribution in [0.4, 0.5) is 0 Å². The third-order valence-corrected chi connectivity index (χ3v) is 4.53. The van der Waals surface area contributed by atoms with Crippen LogP contribution >= 0.6 is 0 Å². The third kappa shape index (κ3) is 2.40. The average molecular weight is 256 g/mol. The summed E-state index contributed by atoms with van der Waals surface area (Å²) >= 11 is 0. The van der Waals surface area contributed by atoms with Gasteiger partial charge in [0, 0.05) is 6.04 Å². The van der Waals surface area contributed by atoms with Crippen molar-refractivity contribution < 1.29 is 0 Å². The second-order valence-electron chi connectivity index (χ2n) is 6.92. The first-order valence-corrected chi connectivity index (χ1v) is 7.08. The van der Waals surface area contributed by atoms with E-state index >= 15 is 0 Å². The lowest BCUT2D eigenvalue weighted by molar-refractivity contribution is 0.168. The lowest BCUT2D eigenvalue weighted by Gasteiger charge is -2.41. The summed E-state index contributed by atoms with van der Waals surface area (Å²) in [4.78, 5) is 0. The first kappa shape index (κ1) is 14.1. The fourth-order valence-corrected chi connectivity index (χ4v) is 2.84. The summed E-state index contributed by atoms with van der Waals surface area (Å²) in [5.74, 6) is 0. The Bertz CT molecular complexity index is 513. The highest BCUT2D eigenvalue weighted by molar-refractivity contribution is 5.38. The van der Waals surface area contributed by atoms with E-state index in [2.05, 4.69) is 52.0 Å². The SMILES string of the molecule is Cc1cc(C(C)(C)C)ccc1C(N)C1(C#N)CCC1. The highest BCUT2D eigenvalue weighted by atomic mass is 14.7. The van der Waals surface area contributed by atoms with Gasteiger partial charge >= 0.3 is 0 Å². The van der Waals surface area contributed by atoms with Gasteiger partial charge in [-0.15, -0.1) is 0 Å². The molecule has 1 aliphatic carbocycles. The lowest BCUT2D eigenvalue weighted by atomic mass is 9.63. The van der Waals surface area contributed by atoms with Crippen LogP contribution in [-0.2, 0) is 5.41 Å². The van der Waals surface area contributed by atoms with E-state index in [0.717, 1.165) is 24.8 Å². The predicted octanol–water partition coefficient (Wildman–Crippen LogP) is 3.99. The topological polar surface area (TPSA) is 49.8 Å². The summed E-state index contributed by atoms with van der Waals surface area (Å²) in [6, 6.07) is 8.81. The van der Waals surface area contributed by atoms with Crippen LogP contribution in [0, 0.1) is 23.7 Å². The normalized spacial score (nSPS) is 19.4. The molecule has 0 heterocycles. The van der Waals surface area contributed by atoms with Crippen LogP contribution in [0.1, 0.15) is 62.8 Å². The number of hydrogen-bond acceptors (Lipinski definition) is 2. The van der Waals surface area contributed by atoms with Crippen LogP contribution in [0.25, 0.3) is 0 Å². The van der Waals surface area contributed by atoms with Gasteiger partial charge in [-0.3, -0.25) is 0 Å². The Kier molecular flexibility index (Phi) is 3.45. The quantitative estimate of drug-likeness (QED) is 0.870. The van der Waals surface area contributed by atoms with Gasteiger partial charge in [0.15, 0.2) is 0 Å². The fraction of sp³-hybridized carbons (Fsp3) is 0.588. The minimum absolute atomic E-state index is 0.150. The number of rotatable bonds is 2. The van der Waals surface area contributed by atoms with Gasteiger partial charge < -0.3 is 5.73 Å². The van der Waals surface area contributed by atoms with Crippen LogP contribution < -0.4 is 5.73 Å². The molecule has 1 unspecified atom stereocenters. The first-order valence-electron chi connectivity index (χ1n) is 7.08. The van der Waals surface area contributed by atoms with Crippen LogP contribution in [0.5, 0.6) is 0 Å². The zero-order valence-electron chi connectivity index (χ0n) is 12.5. The zero-order valence-corrected chi connectivity index (χ0v) is 12.5. The van der Waals surface area contributed by atoms with E-state index in [9.17, 15) is 5.26 Å². The molecule has 1 aromatic rings. The number of hydrogen-bond donors (Lipinski definition) is 1. The van der Waals surface area contributed by atoms with Gasteiger partial charge in [-0.2, -0.15) is 5.26 Å². The van der Waals surface area contributed by atoms with Crippen molar-refractivity contribution in [2.45, 2.75) is 58.4 Å². The van der Waals surface area contributed by atoms with Gasteiger partial charge in [0.05, 0.1) is 11.5 Å². The molecule has 1 fully saturated rings. The Balaban J connectivity index is 2.34. The lowest BCUT2D eigenvalue weighted by Crippen LogP contribution is -2.39. The van der Waals surface area contributed by atoms with E-state index in [1.54, 1.807) is 0 Å². The van der Waals surface area contributed by atoms with Gasteiger partial charge in [0.1, 0.15) is 0 Å². The van der Waals surface area contributed by atoms with E-state index in [1.165, 1.54) is 11.1 Å². The summed E-state index contributed by atoms with van der Waals surface area (Å²) in [6.07, 6.45) is 3.00. The van der Waals surface area contributed by atoms with E-state index in [0.29, 0.717) is 0 Å². The largest absolute Gasteiger partial charge is 0.323 e. The first-order chi connectivity index (χ1) is 8.80. The molecule has 0 bridgehead atoms. The average Bonchev–Trinajstić information content (AvgIpc) is 2.26. The zero-order chi connectivity index (χ0) is 14.3. The smallest absolute Gasteiger partial charge is 0.0766 e. The Morgan fingerprint density at radius 1 is 1.32 bits per heavy atom. The van der Waals surface area contributed by atoms with Crippen molar-refractivity contribution in [2.24, 2.45) is 11.1 Å². The van der Waals surface area contributed by atoms with Crippen LogP contribution in [0.2, 0.25) is 0 Å². The van der Waals surface area contributed by atoms with Gasteiger partial charge in [-0.1, -0.05) is 45.4 Å². The molecular formula is C17H24N2. The van der Waals surface area contributed by atoms with Crippen molar-refractivity contribution >= 4 is 0 Å². The summed E-state index contributed by atoms with van der Waals surface area (Å²) in [5, 5.41) is 9.41. The van der Waals surface area contributed by atoms with Gasteiger partial charge in [0.25, 0.3) is 0 Å². The van der Waals surface area contributed by atoms with Crippen LogP contribution in [-0.4, -0.2) is 0 Å². The molecule has 0 spiro atoms. The molecule has 0 radical (unpaired) electrons. The molecular weight excluding hydrogens is 232 g/mol. The second kappa shape index (κ2) is 4.65. The highest BCUT2D eigenvalue weighted by Gasteiger charge is 2.43. The van der Waals surface area contributed by atoms with Crippen molar-refractivity contribution in [2.75, 3.05) is 0 Å². The van der Waals surface area contributed by atoms with Crippen molar-refractivity contribution in [1.29, 1.82) is 5.26 Å². The van der Waals surface area contributed by atoms with E-state index < -0.39 is 0 Å². The Hall–Kier alpha value is -1.33. The molecule has 2 heteroatoms. The van der Waals surface area contributed by atoms with E-state index in [1.807, 2.05) is 0 Å². The number of benzene rings is 1. The minimum Gasteiger partial charge on any atom is -0.323 e. The molecule has 0 amide bonds. The molecule has 2 N–H and O–H groups in total. The minimum atomic E-state index is -0.325. The Morgan fingerprint density at radius 3 is 2.32 bits per heavy atom. The highest BCUT2D eigenvalue weighted by Crippen LogP contribution is 2.49. The molecule has 2 rings (SSSR count).